The van der Waals surface area contributed by atoms with E-state index in [1.54, 1.807) is 29.9 Å². The summed E-state index contributed by atoms with van der Waals surface area (Å²) in [6.07, 6.45) is 1.74. The van der Waals surface area contributed by atoms with Crippen LogP contribution < -0.4 is 0 Å². The highest BCUT2D eigenvalue weighted by Gasteiger charge is 2.25. The zero-order valence-corrected chi connectivity index (χ0v) is 12.0. The highest BCUT2D eigenvalue weighted by atomic mass is 32.2. The van der Waals surface area contributed by atoms with E-state index in [1.807, 2.05) is 0 Å². The zero-order valence-electron chi connectivity index (χ0n) is 11.2. The van der Waals surface area contributed by atoms with Gasteiger partial charge in [-0.3, -0.25) is 14.3 Å². The standard InChI is InChI=1S/C12H14N2O5S/c1-8(19-20(3,17)18)12-9-6-7-13(2)10(9)4-5-11(12)14(15)16/h4-8H,1-3H3. The van der Waals surface area contributed by atoms with Crippen LogP contribution in [0, 0.1) is 10.1 Å². The van der Waals surface area contributed by atoms with Crippen LogP contribution in [-0.4, -0.2) is 24.2 Å². The molecule has 0 aliphatic carbocycles. The van der Waals surface area contributed by atoms with Crippen molar-refractivity contribution in [3.05, 3.63) is 40.1 Å². The van der Waals surface area contributed by atoms with E-state index in [0.717, 1.165) is 11.8 Å². The van der Waals surface area contributed by atoms with E-state index in [0.29, 0.717) is 5.39 Å². The Kier molecular flexibility index (Phi) is 3.53. The SMILES string of the molecule is CC(OS(C)(=O)=O)c1c([N+](=O)[O-])ccc2c1ccn2C. The van der Waals surface area contributed by atoms with Gasteiger partial charge in [0, 0.05) is 30.2 Å². The van der Waals surface area contributed by atoms with Gasteiger partial charge in [-0.1, -0.05) is 0 Å². The van der Waals surface area contributed by atoms with Gasteiger partial charge in [-0.15, -0.1) is 0 Å². The average molecular weight is 298 g/mol. The Labute approximate surface area is 116 Å². The molecule has 1 atom stereocenters. The molecule has 0 radical (unpaired) electrons. The van der Waals surface area contributed by atoms with Crippen LogP contribution in [0.2, 0.25) is 0 Å². The molecule has 0 saturated heterocycles. The number of nitrogens with zero attached hydrogens (tertiary/aromatic N) is 2. The van der Waals surface area contributed by atoms with Gasteiger partial charge in [-0.2, -0.15) is 8.42 Å². The molecule has 0 N–H and O–H groups in total. The van der Waals surface area contributed by atoms with Crippen LogP contribution in [0.5, 0.6) is 0 Å². The van der Waals surface area contributed by atoms with Gasteiger partial charge >= 0.3 is 0 Å². The molecule has 0 aliphatic heterocycles. The van der Waals surface area contributed by atoms with Crippen molar-refractivity contribution in [2.75, 3.05) is 6.26 Å². The summed E-state index contributed by atoms with van der Waals surface area (Å²) in [6.45, 7) is 1.48. The van der Waals surface area contributed by atoms with Gasteiger partial charge in [0.1, 0.15) is 6.10 Å². The van der Waals surface area contributed by atoms with Crippen molar-refractivity contribution in [2.45, 2.75) is 13.0 Å². The van der Waals surface area contributed by atoms with Crippen LogP contribution >= 0.6 is 0 Å². The molecule has 1 unspecified atom stereocenters. The lowest BCUT2D eigenvalue weighted by Gasteiger charge is -2.13. The lowest BCUT2D eigenvalue weighted by molar-refractivity contribution is -0.385. The Bertz CT molecular complexity index is 778. The van der Waals surface area contributed by atoms with Crippen molar-refractivity contribution in [2.24, 2.45) is 7.05 Å². The molecule has 7 nitrogen and oxygen atoms in total. The number of benzene rings is 1. The molecule has 0 spiro atoms. The second kappa shape index (κ2) is 4.88. The van der Waals surface area contributed by atoms with Crippen LogP contribution in [0.1, 0.15) is 18.6 Å². The molecule has 1 aromatic heterocycles. The number of hydrogen-bond acceptors (Lipinski definition) is 5. The van der Waals surface area contributed by atoms with Crippen molar-refractivity contribution in [1.29, 1.82) is 0 Å². The zero-order chi connectivity index (χ0) is 15.1. The Hall–Kier alpha value is -1.93. The first-order chi connectivity index (χ1) is 9.20. The molecule has 0 aliphatic rings. The van der Waals surface area contributed by atoms with Gasteiger partial charge in [-0.25, -0.2) is 0 Å². The van der Waals surface area contributed by atoms with Gasteiger partial charge in [0.05, 0.1) is 16.7 Å². The average Bonchev–Trinajstić information content (AvgIpc) is 2.67. The summed E-state index contributed by atoms with van der Waals surface area (Å²) in [5, 5.41) is 11.7. The lowest BCUT2D eigenvalue weighted by atomic mass is 10.0. The lowest BCUT2D eigenvalue weighted by Crippen LogP contribution is -2.10. The van der Waals surface area contributed by atoms with Crippen molar-refractivity contribution >= 4 is 26.7 Å². The predicted octanol–water partition coefficient (Wildman–Crippen LogP) is 2.12. The van der Waals surface area contributed by atoms with E-state index in [2.05, 4.69) is 0 Å². The molecular weight excluding hydrogens is 284 g/mol. The fraction of sp³-hybridized carbons (Fsp3) is 0.333. The molecule has 2 rings (SSSR count). The van der Waals surface area contributed by atoms with Gasteiger partial charge in [-0.05, 0) is 19.1 Å². The van der Waals surface area contributed by atoms with Crippen molar-refractivity contribution in [3.63, 3.8) is 0 Å². The normalized spacial score (nSPS) is 13.6. The molecule has 0 fully saturated rings. The van der Waals surface area contributed by atoms with Gasteiger partial charge in [0.2, 0.25) is 0 Å². The van der Waals surface area contributed by atoms with E-state index >= 15 is 0 Å². The summed E-state index contributed by atoms with van der Waals surface area (Å²) >= 11 is 0. The van der Waals surface area contributed by atoms with Crippen LogP contribution in [-0.2, 0) is 21.3 Å². The Morgan fingerprint density at radius 1 is 1.35 bits per heavy atom. The minimum atomic E-state index is -3.71. The maximum atomic E-state index is 11.2. The summed E-state index contributed by atoms with van der Waals surface area (Å²) in [4.78, 5) is 10.6. The smallest absolute Gasteiger partial charge is 0.276 e. The van der Waals surface area contributed by atoms with Crippen LogP contribution in [0.4, 0.5) is 5.69 Å². The number of nitro groups is 1. The quantitative estimate of drug-likeness (QED) is 0.490. The van der Waals surface area contributed by atoms with Crippen molar-refractivity contribution < 1.29 is 17.5 Å². The Morgan fingerprint density at radius 3 is 2.55 bits per heavy atom. The molecule has 1 aromatic carbocycles. The minimum Gasteiger partial charge on any atom is -0.351 e. The number of fused-ring (bicyclic) bond motifs is 1. The van der Waals surface area contributed by atoms with Crippen LogP contribution in [0.25, 0.3) is 10.9 Å². The summed E-state index contributed by atoms with van der Waals surface area (Å²) < 4.78 is 29.2. The monoisotopic (exact) mass is 298 g/mol. The van der Waals surface area contributed by atoms with Crippen LogP contribution in [0.3, 0.4) is 0 Å². The maximum absolute atomic E-state index is 11.2. The van der Waals surface area contributed by atoms with Crippen molar-refractivity contribution in [3.8, 4) is 0 Å². The summed E-state index contributed by atoms with van der Waals surface area (Å²) in [7, 11) is -1.90. The molecule has 2 aromatic rings. The number of aryl methyl sites for hydroxylation is 1. The van der Waals surface area contributed by atoms with Gasteiger partial charge < -0.3 is 4.57 Å². The summed E-state index contributed by atoms with van der Waals surface area (Å²) in [5.41, 5.74) is 0.882. The number of rotatable bonds is 4. The van der Waals surface area contributed by atoms with E-state index in [9.17, 15) is 18.5 Å². The molecule has 0 saturated carbocycles. The predicted molar refractivity (Wildman–Crippen MR) is 73.9 cm³/mol. The molecule has 20 heavy (non-hydrogen) atoms. The molecule has 0 bridgehead atoms. The molecule has 8 heteroatoms. The van der Waals surface area contributed by atoms with E-state index in [1.165, 1.54) is 13.0 Å². The Morgan fingerprint density at radius 2 is 2.00 bits per heavy atom. The highest BCUT2D eigenvalue weighted by molar-refractivity contribution is 7.86. The largest absolute Gasteiger partial charge is 0.351 e. The first-order valence-corrected chi connectivity index (χ1v) is 7.63. The molecule has 1 heterocycles. The third kappa shape index (κ3) is 2.66. The third-order valence-electron chi connectivity index (χ3n) is 3.01. The van der Waals surface area contributed by atoms with E-state index in [4.69, 9.17) is 4.18 Å². The fourth-order valence-electron chi connectivity index (χ4n) is 2.26. The second-order valence-electron chi connectivity index (χ2n) is 4.56. The Balaban J connectivity index is 2.69. The molecule has 108 valence electrons. The fourth-order valence-corrected chi connectivity index (χ4v) is 2.88. The third-order valence-corrected chi connectivity index (χ3v) is 3.65. The number of nitro benzene ring substituents is 1. The van der Waals surface area contributed by atoms with Gasteiger partial charge in [0.15, 0.2) is 0 Å². The number of aromatic nitrogens is 1. The number of hydrogen-bond donors (Lipinski definition) is 0. The molecule has 0 amide bonds. The van der Waals surface area contributed by atoms with Gasteiger partial charge in [0.25, 0.3) is 15.8 Å². The maximum Gasteiger partial charge on any atom is 0.276 e. The minimum absolute atomic E-state index is 0.153. The van der Waals surface area contributed by atoms with Crippen LogP contribution in [0.15, 0.2) is 24.4 Å². The highest BCUT2D eigenvalue weighted by Crippen LogP contribution is 2.35. The van der Waals surface area contributed by atoms with E-state index in [-0.39, 0.29) is 11.3 Å². The second-order valence-corrected chi connectivity index (χ2v) is 6.16. The summed E-state index contributed by atoms with van der Waals surface area (Å²) in [5.74, 6) is 0. The first-order valence-electron chi connectivity index (χ1n) is 5.81. The molecular formula is C12H14N2O5S. The topological polar surface area (TPSA) is 91.4 Å². The van der Waals surface area contributed by atoms with Crippen molar-refractivity contribution in [1.82, 2.24) is 4.57 Å². The first kappa shape index (κ1) is 14.5. The van der Waals surface area contributed by atoms with E-state index < -0.39 is 21.1 Å². The summed E-state index contributed by atoms with van der Waals surface area (Å²) in [6, 6.07) is 4.70.